The van der Waals surface area contributed by atoms with E-state index < -0.39 is 15.7 Å². The second-order valence-electron chi connectivity index (χ2n) is 4.42. The molecule has 0 radical (unpaired) electrons. The van der Waals surface area contributed by atoms with Crippen LogP contribution in [0.1, 0.15) is 5.56 Å². The molecule has 1 amide bonds. The molecule has 0 aliphatic carbocycles. The minimum atomic E-state index is -3.46. The number of likely N-dealkylation sites (N-methyl/N-ethyl adjacent to an activating group) is 1. The molecule has 0 saturated carbocycles. The fourth-order valence-corrected chi connectivity index (χ4v) is 3.09. The van der Waals surface area contributed by atoms with E-state index in [0.717, 1.165) is 0 Å². The molecule has 1 aromatic carbocycles. The monoisotopic (exact) mass is 315 g/mol. The molecule has 0 unspecified atom stereocenters. The quantitative estimate of drug-likeness (QED) is 0.658. The number of nitrogens with two attached hydrogens (primary N) is 2. The summed E-state index contributed by atoms with van der Waals surface area (Å²) in [6.07, 6.45) is 0. The predicted molar refractivity (Wildman–Crippen MR) is 81.1 cm³/mol. The molecule has 0 aliphatic rings. The van der Waals surface area contributed by atoms with E-state index in [9.17, 15) is 13.2 Å². The van der Waals surface area contributed by atoms with Crippen LogP contribution >= 0.6 is 12.2 Å². The van der Waals surface area contributed by atoms with Crippen molar-refractivity contribution in [3.8, 4) is 0 Å². The zero-order chi connectivity index (χ0) is 15.3. The summed E-state index contributed by atoms with van der Waals surface area (Å²) in [7, 11) is -1.83. The van der Waals surface area contributed by atoms with Gasteiger partial charge in [0.15, 0.2) is 9.84 Å². The topological polar surface area (TPSA) is 106 Å². The van der Waals surface area contributed by atoms with Crippen LogP contribution in [0.25, 0.3) is 0 Å². The second kappa shape index (κ2) is 6.78. The van der Waals surface area contributed by atoms with Crippen LogP contribution in [-0.4, -0.2) is 50.1 Å². The third-order valence-electron chi connectivity index (χ3n) is 2.65. The van der Waals surface area contributed by atoms with Crippen LogP contribution in [0.3, 0.4) is 0 Å². The number of primary amides is 1. The SMILES string of the molecule is CN(CCS(=O)(=O)c1cccc(C(N)=S)c1)CC(N)=O. The van der Waals surface area contributed by atoms with Gasteiger partial charge >= 0.3 is 0 Å². The third kappa shape index (κ3) is 4.87. The molecule has 8 heteroatoms. The van der Waals surface area contributed by atoms with E-state index in [2.05, 4.69) is 0 Å². The van der Waals surface area contributed by atoms with Gasteiger partial charge in [-0.2, -0.15) is 0 Å². The summed E-state index contributed by atoms with van der Waals surface area (Å²) >= 11 is 4.82. The van der Waals surface area contributed by atoms with Crippen molar-refractivity contribution in [1.82, 2.24) is 4.90 Å². The number of sulfone groups is 1. The molecule has 110 valence electrons. The summed E-state index contributed by atoms with van der Waals surface area (Å²) in [4.78, 5) is 12.6. The van der Waals surface area contributed by atoms with Crippen molar-refractivity contribution in [1.29, 1.82) is 0 Å². The number of rotatable bonds is 7. The van der Waals surface area contributed by atoms with Crippen molar-refractivity contribution in [3.63, 3.8) is 0 Å². The standard InChI is InChI=1S/C12H17N3O3S2/c1-15(8-11(13)16)5-6-20(17,18)10-4-2-3-9(7-10)12(14)19/h2-4,7H,5-6,8H2,1H3,(H2,13,16)(H2,14,19). The minimum Gasteiger partial charge on any atom is -0.389 e. The maximum Gasteiger partial charge on any atom is 0.231 e. The Labute approximate surface area is 123 Å². The van der Waals surface area contributed by atoms with E-state index in [-0.39, 0.29) is 28.7 Å². The number of carbonyl (C=O) groups excluding carboxylic acids is 1. The highest BCUT2D eigenvalue weighted by Gasteiger charge is 2.16. The highest BCUT2D eigenvalue weighted by molar-refractivity contribution is 7.91. The van der Waals surface area contributed by atoms with Gasteiger partial charge in [-0.25, -0.2) is 8.42 Å². The van der Waals surface area contributed by atoms with Crippen molar-refractivity contribution in [2.75, 3.05) is 25.9 Å². The smallest absolute Gasteiger partial charge is 0.231 e. The van der Waals surface area contributed by atoms with E-state index in [1.165, 1.54) is 12.1 Å². The highest BCUT2D eigenvalue weighted by atomic mass is 32.2. The summed E-state index contributed by atoms with van der Waals surface area (Å²) in [5.41, 5.74) is 11.0. The van der Waals surface area contributed by atoms with Gasteiger partial charge in [-0.3, -0.25) is 9.69 Å². The molecule has 0 bridgehead atoms. The molecule has 0 fully saturated rings. The first-order chi connectivity index (χ1) is 9.22. The Hall–Kier alpha value is -1.51. The molecular weight excluding hydrogens is 298 g/mol. The highest BCUT2D eigenvalue weighted by Crippen LogP contribution is 2.13. The van der Waals surface area contributed by atoms with Crippen LogP contribution in [0, 0.1) is 0 Å². The van der Waals surface area contributed by atoms with Crippen molar-refractivity contribution >= 4 is 33.0 Å². The largest absolute Gasteiger partial charge is 0.389 e. The van der Waals surface area contributed by atoms with Crippen LogP contribution < -0.4 is 11.5 Å². The van der Waals surface area contributed by atoms with E-state index >= 15 is 0 Å². The number of hydrogen-bond acceptors (Lipinski definition) is 5. The zero-order valence-corrected chi connectivity index (χ0v) is 12.7. The van der Waals surface area contributed by atoms with Gasteiger partial charge < -0.3 is 11.5 Å². The molecule has 0 aliphatic heterocycles. The maximum absolute atomic E-state index is 12.2. The number of hydrogen-bond donors (Lipinski definition) is 2. The minimum absolute atomic E-state index is 0.0163. The Morgan fingerprint density at radius 3 is 2.55 bits per heavy atom. The summed E-state index contributed by atoms with van der Waals surface area (Å²) in [5.74, 6) is -0.613. The number of benzene rings is 1. The number of nitrogens with zero attached hydrogens (tertiary/aromatic N) is 1. The summed E-state index contributed by atoms with van der Waals surface area (Å²) in [6, 6.07) is 6.19. The molecule has 20 heavy (non-hydrogen) atoms. The van der Waals surface area contributed by atoms with Gasteiger partial charge in [-0.15, -0.1) is 0 Å². The van der Waals surface area contributed by atoms with Gasteiger partial charge in [0, 0.05) is 12.1 Å². The van der Waals surface area contributed by atoms with Crippen LogP contribution in [0.5, 0.6) is 0 Å². The lowest BCUT2D eigenvalue weighted by Crippen LogP contribution is -2.34. The Morgan fingerprint density at radius 2 is 2.00 bits per heavy atom. The van der Waals surface area contributed by atoms with Gasteiger partial charge in [0.2, 0.25) is 5.91 Å². The summed E-state index contributed by atoms with van der Waals surface area (Å²) in [5, 5.41) is 0. The average Bonchev–Trinajstić information content (AvgIpc) is 2.36. The normalized spacial score (nSPS) is 11.5. The maximum atomic E-state index is 12.2. The van der Waals surface area contributed by atoms with Gasteiger partial charge in [-0.1, -0.05) is 24.4 Å². The van der Waals surface area contributed by atoms with Gasteiger partial charge in [0.1, 0.15) is 4.99 Å². The van der Waals surface area contributed by atoms with Crippen molar-refractivity contribution in [3.05, 3.63) is 29.8 Å². The predicted octanol–water partition coefficient (Wildman–Crippen LogP) is -0.488. The van der Waals surface area contributed by atoms with E-state index in [4.69, 9.17) is 23.7 Å². The molecule has 0 atom stereocenters. The zero-order valence-electron chi connectivity index (χ0n) is 11.1. The van der Waals surface area contributed by atoms with Gasteiger partial charge in [0.05, 0.1) is 17.2 Å². The van der Waals surface area contributed by atoms with Gasteiger partial charge in [0.25, 0.3) is 0 Å². The Kier molecular flexibility index (Phi) is 5.61. The first kappa shape index (κ1) is 16.5. The number of thiocarbonyl (C=S) groups is 1. The van der Waals surface area contributed by atoms with Crippen LogP contribution in [0.4, 0.5) is 0 Å². The molecule has 0 aromatic heterocycles. The molecular formula is C12H17N3O3S2. The molecule has 0 heterocycles. The third-order valence-corrected chi connectivity index (χ3v) is 4.57. The molecule has 4 N–H and O–H groups in total. The lowest BCUT2D eigenvalue weighted by molar-refractivity contribution is -0.118. The summed E-state index contributed by atoms with van der Waals surface area (Å²) < 4.78 is 24.3. The Morgan fingerprint density at radius 1 is 1.35 bits per heavy atom. The fraction of sp³-hybridized carbons (Fsp3) is 0.333. The molecule has 0 spiro atoms. The van der Waals surface area contributed by atoms with Crippen LogP contribution in [-0.2, 0) is 14.6 Å². The van der Waals surface area contributed by atoms with Crippen LogP contribution in [0.2, 0.25) is 0 Å². The second-order valence-corrected chi connectivity index (χ2v) is 6.96. The van der Waals surface area contributed by atoms with Crippen molar-refractivity contribution in [2.24, 2.45) is 11.5 Å². The first-order valence-corrected chi connectivity index (χ1v) is 7.88. The van der Waals surface area contributed by atoms with Crippen molar-refractivity contribution < 1.29 is 13.2 Å². The van der Waals surface area contributed by atoms with E-state index in [1.54, 1.807) is 24.1 Å². The van der Waals surface area contributed by atoms with Gasteiger partial charge in [-0.05, 0) is 19.2 Å². The first-order valence-electron chi connectivity index (χ1n) is 5.82. The molecule has 6 nitrogen and oxygen atoms in total. The Balaban J connectivity index is 2.81. The van der Waals surface area contributed by atoms with Crippen molar-refractivity contribution in [2.45, 2.75) is 4.90 Å². The molecule has 1 aromatic rings. The van der Waals surface area contributed by atoms with Crippen LogP contribution in [0.15, 0.2) is 29.2 Å². The Bertz CT molecular complexity index is 614. The lowest BCUT2D eigenvalue weighted by Gasteiger charge is -2.14. The number of amides is 1. The average molecular weight is 315 g/mol. The van der Waals surface area contributed by atoms with E-state index in [1.807, 2.05) is 0 Å². The van der Waals surface area contributed by atoms with E-state index in [0.29, 0.717) is 5.56 Å². The summed E-state index contributed by atoms with van der Waals surface area (Å²) in [6.45, 7) is 0.227. The number of carbonyl (C=O) groups is 1. The fourth-order valence-electron chi connectivity index (χ4n) is 1.58. The molecule has 0 saturated heterocycles. The lowest BCUT2D eigenvalue weighted by atomic mass is 10.2. The molecule has 1 rings (SSSR count).